The van der Waals surface area contributed by atoms with Gasteiger partial charge in [-0.25, -0.2) is 0 Å². The van der Waals surface area contributed by atoms with E-state index in [2.05, 4.69) is 10.2 Å². The SMILES string of the molecule is CCOc1cc(C(=O)Nc2cccc(Cl)c2N2CCCCC2)cc(OCC)c1OCC. The van der Waals surface area contributed by atoms with Crippen LogP contribution in [-0.4, -0.2) is 38.8 Å². The van der Waals surface area contributed by atoms with Gasteiger partial charge in [0.25, 0.3) is 5.91 Å². The van der Waals surface area contributed by atoms with Gasteiger partial charge in [-0.3, -0.25) is 4.79 Å². The molecule has 7 heteroatoms. The van der Waals surface area contributed by atoms with Gasteiger partial charge in [-0.2, -0.15) is 0 Å². The minimum atomic E-state index is -0.259. The smallest absolute Gasteiger partial charge is 0.255 e. The highest BCUT2D eigenvalue weighted by Gasteiger charge is 2.22. The van der Waals surface area contributed by atoms with Crippen molar-refractivity contribution in [1.82, 2.24) is 0 Å². The standard InChI is InChI=1S/C24H31ClN2O4/c1-4-29-20-15-17(16-21(30-5-2)23(20)31-6-3)24(28)26-19-12-10-11-18(25)22(19)27-13-8-7-9-14-27/h10-12,15-16H,4-9,13-14H2,1-3H3,(H,26,28). The molecule has 0 spiro atoms. The summed E-state index contributed by atoms with van der Waals surface area (Å²) in [5.74, 6) is 1.23. The van der Waals surface area contributed by atoms with Gasteiger partial charge in [0.15, 0.2) is 11.5 Å². The maximum absolute atomic E-state index is 13.2. The highest BCUT2D eigenvalue weighted by Crippen LogP contribution is 2.40. The lowest BCUT2D eigenvalue weighted by atomic mass is 10.1. The Kier molecular flexibility index (Phi) is 8.29. The molecule has 0 unspecified atom stereocenters. The molecule has 0 bridgehead atoms. The zero-order valence-corrected chi connectivity index (χ0v) is 19.3. The number of halogens is 1. The molecule has 0 aliphatic carbocycles. The summed E-state index contributed by atoms with van der Waals surface area (Å²) < 4.78 is 17.2. The van der Waals surface area contributed by atoms with Gasteiger partial charge >= 0.3 is 0 Å². The minimum Gasteiger partial charge on any atom is -0.490 e. The second kappa shape index (κ2) is 11.1. The van der Waals surface area contributed by atoms with Gasteiger partial charge in [0.2, 0.25) is 5.75 Å². The van der Waals surface area contributed by atoms with Crippen LogP contribution in [0.3, 0.4) is 0 Å². The summed E-state index contributed by atoms with van der Waals surface area (Å²) in [5.41, 5.74) is 2.00. The maximum Gasteiger partial charge on any atom is 0.255 e. The van der Waals surface area contributed by atoms with Gasteiger partial charge in [-0.1, -0.05) is 17.7 Å². The average molecular weight is 447 g/mol. The molecule has 2 aromatic carbocycles. The molecule has 0 saturated carbocycles. The van der Waals surface area contributed by atoms with Crippen molar-refractivity contribution >= 4 is 28.9 Å². The summed E-state index contributed by atoms with van der Waals surface area (Å²) >= 11 is 6.53. The van der Waals surface area contributed by atoms with E-state index in [9.17, 15) is 4.79 Å². The Morgan fingerprint density at radius 3 is 2.16 bits per heavy atom. The number of anilines is 2. The summed E-state index contributed by atoms with van der Waals surface area (Å²) in [6, 6.07) is 8.98. The summed E-state index contributed by atoms with van der Waals surface area (Å²) in [5, 5.41) is 3.67. The van der Waals surface area contributed by atoms with Crippen molar-refractivity contribution < 1.29 is 19.0 Å². The lowest BCUT2D eigenvalue weighted by Gasteiger charge is -2.31. The van der Waals surface area contributed by atoms with Gasteiger partial charge in [-0.15, -0.1) is 0 Å². The van der Waals surface area contributed by atoms with Crippen LogP contribution in [0, 0.1) is 0 Å². The van der Waals surface area contributed by atoms with Crippen LogP contribution in [0.5, 0.6) is 17.2 Å². The Morgan fingerprint density at radius 2 is 1.58 bits per heavy atom. The fourth-order valence-electron chi connectivity index (χ4n) is 3.77. The van der Waals surface area contributed by atoms with E-state index in [0.29, 0.717) is 53.3 Å². The molecule has 1 saturated heterocycles. The number of hydrogen-bond acceptors (Lipinski definition) is 5. The molecule has 0 radical (unpaired) electrons. The summed E-state index contributed by atoms with van der Waals surface area (Å²) in [4.78, 5) is 15.5. The normalized spacial score (nSPS) is 13.6. The van der Waals surface area contributed by atoms with Crippen LogP contribution in [0.25, 0.3) is 0 Å². The molecule has 1 aliphatic heterocycles. The molecule has 3 rings (SSSR count). The lowest BCUT2D eigenvalue weighted by molar-refractivity contribution is 0.102. The molecule has 6 nitrogen and oxygen atoms in total. The fraction of sp³-hybridized carbons (Fsp3) is 0.458. The van der Waals surface area contributed by atoms with E-state index in [-0.39, 0.29) is 5.91 Å². The molecule has 2 aromatic rings. The van der Waals surface area contributed by atoms with E-state index in [4.69, 9.17) is 25.8 Å². The molecule has 168 valence electrons. The largest absolute Gasteiger partial charge is 0.490 e. The Morgan fingerprint density at radius 1 is 0.968 bits per heavy atom. The fourth-order valence-corrected chi connectivity index (χ4v) is 4.06. The van der Waals surface area contributed by atoms with E-state index < -0.39 is 0 Å². The van der Waals surface area contributed by atoms with Crippen molar-refractivity contribution in [2.45, 2.75) is 40.0 Å². The van der Waals surface area contributed by atoms with Crippen LogP contribution in [0.1, 0.15) is 50.4 Å². The molecular formula is C24H31ClN2O4. The number of benzene rings is 2. The average Bonchev–Trinajstić information content (AvgIpc) is 2.77. The Balaban J connectivity index is 1.94. The molecular weight excluding hydrogens is 416 g/mol. The van der Waals surface area contributed by atoms with Crippen LogP contribution >= 0.6 is 11.6 Å². The van der Waals surface area contributed by atoms with Crippen molar-refractivity contribution in [3.63, 3.8) is 0 Å². The molecule has 1 fully saturated rings. The number of hydrogen-bond donors (Lipinski definition) is 1. The first kappa shape index (κ1) is 23.1. The number of rotatable bonds is 9. The number of nitrogens with one attached hydrogen (secondary N) is 1. The predicted molar refractivity (Wildman–Crippen MR) is 125 cm³/mol. The zero-order valence-electron chi connectivity index (χ0n) is 18.5. The van der Waals surface area contributed by atoms with Crippen LogP contribution in [0.15, 0.2) is 30.3 Å². The van der Waals surface area contributed by atoms with Gasteiger partial charge in [0.05, 0.1) is 36.2 Å². The first-order chi connectivity index (χ1) is 15.1. The highest BCUT2D eigenvalue weighted by atomic mass is 35.5. The molecule has 0 atom stereocenters. The topological polar surface area (TPSA) is 60.0 Å². The number of carbonyl (C=O) groups excluding carboxylic acids is 1. The molecule has 1 aliphatic rings. The van der Waals surface area contributed by atoms with E-state index in [1.807, 2.05) is 39.0 Å². The van der Waals surface area contributed by atoms with Crippen LogP contribution in [0.4, 0.5) is 11.4 Å². The number of piperidine rings is 1. The third kappa shape index (κ3) is 5.56. The quantitative estimate of drug-likeness (QED) is 0.529. The molecule has 1 heterocycles. The summed E-state index contributed by atoms with van der Waals surface area (Å²) in [6.07, 6.45) is 3.45. The molecule has 31 heavy (non-hydrogen) atoms. The van der Waals surface area contributed by atoms with Crippen molar-refractivity contribution in [1.29, 1.82) is 0 Å². The summed E-state index contributed by atoms with van der Waals surface area (Å²) in [6.45, 7) is 8.89. The van der Waals surface area contributed by atoms with E-state index in [1.165, 1.54) is 6.42 Å². The van der Waals surface area contributed by atoms with E-state index >= 15 is 0 Å². The highest BCUT2D eigenvalue weighted by molar-refractivity contribution is 6.34. The monoisotopic (exact) mass is 446 g/mol. The predicted octanol–water partition coefficient (Wildman–Crippen LogP) is 5.78. The maximum atomic E-state index is 13.2. The number of carbonyl (C=O) groups is 1. The van der Waals surface area contributed by atoms with Crippen molar-refractivity contribution in [3.8, 4) is 17.2 Å². The second-order valence-electron chi connectivity index (χ2n) is 7.24. The third-order valence-corrected chi connectivity index (χ3v) is 5.38. The van der Waals surface area contributed by atoms with E-state index in [1.54, 1.807) is 12.1 Å². The Labute approximate surface area is 189 Å². The second-order valence-corrected chi connectivity index (χ2v) is 7.65. The summed E-state index contributed by atoms with van der Waals surface area (Å²) in [7, 11) is 0. The number of nitrogens with zero attached hydrogens (tertiary/aromatic N) is 1. The van der Waals surface area contributed by atoms with Crippen molar-refractivity contribution in [3.05, 3.63) is 40.9 Å². The van der Waals surface area contributed by atoms with Crippen LogP contribution in [-0.2, 0) is 0 Å². The molecule has 1 N–H and O–H groups in total. The van der Waals surface area contributed by atoms with Crippen molar-refractivity contribution in [2.75, 3.05) is 43.1 Å². The number of amides is 1. The molecule has 1 amide bonds. The lowest BCUT2D eigenvalue weighted by Crippen LogP contribution is -2.30. The van der Waals surface area contributed by atoms with Gasteiger partial charge in [0.1, 0.15) is 0 Å². The molecule has 0 aromatic heterocycles. The first-order valence-corrected chi connectivity index (χ1v) is 11.4. The van der Waals surface area contributed by atoms with Gasteiger partial charge < -0.3 is 24.4 Å². The van der Waals surface area contributed by atoms with Crippen LogP contribution in [0.2, 0.25) is 5.02 Å². The first-order valence-electron chi connectivity index (χ1n) is 11.0. The van der Waals surface area contributed by atoms with Gasteiger partial charge in [-0.05, 0) is 64.3 Å². The van der Waals surface area contributed by atoms with E-state index in [0.717, 1.165) is 31.6 Å². The minimum absolute atomic E-state index is 0.259. The number of ether oxygens (including phenoxy) is 3. The Bertz CT molecular complexity index is 870. The third-order valence-electron chi connectivity index (χ3n) is 5.08. The Hall–Kier alpha value is -2.60. The van der Waals surface area contributed by atoms with Crippen LogP contribution < -0.4 is 24.4 Å². The zero-order chi connectivity index (χ0) is 22.2. The van der Waals surface area contributed by atoms with Crippen molar-refractivity contribution in [2.24, 2.45) is 0 Å². The number of para-hydroxylation sites is 1. The van der Waals surface area contributed by atoms with Gasteiger partial charge in [0, 0.05) is 18.7 Å².